The molecule has 3 unspecified atom stereocenters. The van der Waals surface area contributed by atoms with Crippen molar-refractivity contribution in [2.24, 2.45) is 11.7 Å². The van der Waals surface area contributed by atoms with Gasteiger partial charge < -0.3 is 5.73 Å². The molecule has 1 saturated heterocycles. The van der Waals surface area contributed by atoms with Crippen LogP contribution in [0.4, 0.5) is 0 Å². The van der Waals surface area contributed by atoms with Gasteiger partial charge in [-0.15, -0.1) is 0 Å². The molecule has 0 radical (unpaired) electrons. The number of aromatic nitrogens is 2. The third-order valence-electron chi connectivity index (χ3n) is 4.68. The van der Waals surface area contributed by atoms with Crippen LogP contribution in [0.1, 0.15) is 51.6 Å². The van der Waals surface area contributed by atoms with Crippen LogP contribution < -0.4 is 5.73 Å². The van der Waals surface area contributed by atoms with E-state index in [0.29, 0.717) is 12.1 Å². The van der Waals surface area contributed by atoms with Crippen molar-refractivity contribution in [3.63, 3.8) is 0 Å². The second kappa shape index (κ2) is 6.53. The number of likely N-dealkylation sites (tertiary alicyclic amines) is 1. The smallest absolute Gasteiger partial charge is 0.0537 e. The van der Waals surface area contributed by atoms with Crippen LogP contribution >= 0.6 is 0 Å². The molecule has 1 aliphatic heterocycles. The lowest BCUT2D eigenvalue weighted by Crippen LogP contribution is -2.47. The number of nitrogens with zero attached hydrogens (tertiary/aromatic N) is 3. The molecule has 0 aliphatic carbocycles. The van der Waals surface area contributed by atoms with Gasteiger partial charge in [-0.2, -0.15) is 5.10 Å². The summed E-state index contributed by atoms with van der Waals surface area (Å²) in [4.78, 5) is 2.57. The van der Waals surface area contributed by atoms with Gasteiger partial charge in [0.05, 0.1) is 6.20 Å². The predicted molar refractivity (Wildman–Crippen MR) is 78.9 cm³/mol. The number of aryl methyl sites for hydroxylation is 1. The van der Waals surface area contributed by atoms with E-state index in [2.05, 4.69) is 37.0 Å². The Balaban J connectivity index is 2.06. The monoisotopic (exact) mass is 264 g/mol. The van der Waals surface area contributed by atoms with Gasteiger partial charge in [-0.25, -0.2) is 0 Å². The average molecular weight is 264 g/mol. The largest absolute Gasteiger partial charge is 0.329 e. The molecule has 1 aromatic rings. The highest BCUT2D eigenvalue weighted by atomic mass is 15.3. The Morgan fingerprint density at radius 3 is 2.84 bits per heavy atom. The van der Waals surface area contributed by atoms with Crippen molar-refractivity contribution in [3.8, 4) is 0 Å². The van der Waals surface area contributed by atoms with E-state index in [1.807, 2.05) is 10.9 Å². The molecule has 1 aliphatic rings. The summed E-state index contributed by atoms with van der Waals surface area (Å²) >= 11 is 0. The number of hydrogen-bond donors (Lipinski definition) is 1. The van der Waals surface area contributed by atoms with Crippen molar-refractivity contribution in [1.29, 1.82) is 0 Å². The second-order valence-corrected chi connectivity index (χ2v) is 5.73. The van der Waals surface area contributed by atoms with Crippen LogP contribution in [0.5, 0.6) is 0 Å². The standard InChI is InChI=1S/C15H28N4/c1-4-13-6-7-19(15(8-13)9-16)12(3)14-10-17-18(5-2)11-14/h10-13,15H,4-9,16H2,1-3H3. The summed E-state index contributed by atoms with van der Waals surface area (Å²) in [6, 6.07) is 0.949. The zero-order chi connectivity index (χ0) is 13.8. The molecule has 1 aromatic heterocycles. The van der Waals surface area contributed by atoms with Gasteiger partial charge in [0.2, 0.25) is 0 Å². The Hall–Kier alpha value is -0.870. The van der Waals surface area contributed by atoms with Crippen molar-refractivity contribution in [1.82, 2.24) is 14.7 Å². The molecular weight excluding hydrogens is 236 g/mol. The fraction of sp³-hybridized carbons (Fsp3) is 0.800. The van der Waals surface area contributed by atoms with E-state index in [-0.39, 0.29) is 0 Å². The van der Waals surface area contributed by atoms with Gasteiger partial charge in [0.1, 0.15) is 0 Å². The summed E-state index contributed by atoms with van der Waals surface area (Å²) in [6.45, 7) is 9.57. The van der Waals surface area contributed by atoms with E-state index in [9.17, 15) is 0 Å². The lowest BCUT2D eigenvalue weighted by Gasteiger charge is -2.42. The molecule has 2 heterocycles. The highest BCUT2D eigenvalue weighted by molar-refractivity contribution is 5.10. The van der Waals surface area contributed by atoms with E-state index in [1.165, 1.54) is 31.4 Å². The molecule has 0 aromatic carbocycles. The maximum absolute atomic E-state index is 6.00. The van der Waals surface area contributed by atoms with Gasteiger partial charge in [0.15, 0.2) is 0 Å². The van der Waals surface area contributed by atoms with Crippen molar-refractivity contribution >= 4 is 0 Å². The third-order valence-corrected chi connectivity index (χ3v) is 4.68. The van der Waals surface area contributed by atoms with Crippen molar-refractivity contribution in [2.75, 3.05) is 13.1 Å². The molecule has 4 heteroatoms. The maximum atomic E-state index is 6.00. The van der Waals surface area contributed by atoms with E-state index >= 15 is 0 Å². The third kappa shape index (κ3) is 3.18. The number of nitrogens with two attached hydrogens (primary N) is 1. The highest BCUT2D eigenvalue weighted by Gasteiger charge is 2.30. The van der Waals surface area contributed by atoms with E-state index in [4.69, 9.17) is 5.73 Å². The Kier molecular flexibility index (Phi) is 4.99. The number of hydrogen-bond acceptors (Lipinski definition) is 3. The fourth-order valence-electron chi connectivity index (χ4n) is 3.22. The van der Waals surface area contributed by atoms with Crippen LogP contribution in [0, 0.1) is 5.92 Å². The van der Waals surface area contributed by atoms with Gasteiger partial charge in [-0.1, -0.05) is 13.3 Å². The first kappa shape index (κ1) is 14.5. The van der Waals surface area contributed by atoms with Gasteiger partial charge in [0.25, 0.3) is 0 Å². The van der Waals surface area contributed by atoms with Gasteiger partial charge in [-0.05, 0) is 39.2 Å². The molecule has 3 atom stereocenters. The second-order valence-electron chi connectivity index (χ2n) is 5.73. The summed E-state index contributed by atoms with van der Waals surface area (Å²) in [6.07, 6.45) is 8.02. The van der Waals surface area contributed by atoms with Crippen LogP contribution in [0.25, 0.3) is 0 Å². The first-order chi connectivity index (χ1) is 9.19. The lowest BCUT2D eigenvalue weighted by molar-refractivity contribution is 0.0772. The Morgan fingerprint density at radius 1 is 1.47 bits per heavy atom. The Bertz CT molecular complexity index is 387. The summed E-state index contributed by atoms with van der Waals surface area (Å²) < 4.78 is 2.00. The number of piperidine rings is 1. The quantitative estimate of drug-likeness (QED) is 0.888. The first-order valence-electron chi connectivity index (χ1n) is 7.67. The minimum absolute atomic E-state index is 0.423. The molecular formula is C15H28N4. The molecule has 2 N–H and O–H groups in total. The van der Waals surface area contributed by atoms with Crippen molar-refractivity contribution in [2.45, 2.75) is 58.7 Å². The molecule has 1 fully saturated rings. The van der Waals surface area contributed by atoms with Crippen LogP contribution in [0.15, 0.2) is 12.4 Å². The fourth-order valence-corrected chi connectivity index (χ4v) is 3.22. The SMILES string of the molecule is CCC1CCN(C(C)c2cnn(CC)c2)C(CN)C1. The zero-order valence-electron chi connectivity index (χ0n) is 12.5. The van der Waals surface area contributed by atoms with Crippen LogP contribution in [-0.4, -0.2) is 33.8 Å². The minimum atomic E-state index is 0.423. The Labute approximate surface area is 117 Å². The van der Waals surface area contributed by atoms with Gasteiger partial charge in [0, 0.05) is 36.9 Å². The lowest BCUT2D eigenvalue weighted by atomic mass is 9.87. The molecule has 0 amide bonds. The Morgan fingerprint density at radius 2 is 2.26 bits per heavy atom. The van der Waals surface area contributed by atoms with Crippen molar-refractivity contribution in [3.05, 3.63) is 18.0 Å². The maximum Gasteiger partial charge on any atom is 0.0537 e. The molecule has 0 bridgehead atoms. The number of rotatable bonds is 5. The average Bonchev–Trinajstić information content (AvgIpc) is 2.94. The molecule has 4 nitrogen and oxygen atoms in total. The summed E-state index contributed by atoms with van der Waals surface area (Å²) in [5.41, 5.74) is 7.31. The summed E-state index contributed by atoms with van der Waals surface area (Å²) in [7, 11) is 0. The highest BCUT2D eigenvalue weighted by Crippen LogP contribution is 2.31. The zero-order valence-corrected chi connectivity index (χ0v) is 12.5. The predicted octanol–water partition coefficient (Wildman–Crippen LogP) is 2.41. The summed E-state index contributed by atoms with van der Waals surface area (Å²) in [5, 5.41) is 4.39. The minimum Gasteiger partial charge on any atom is -0.329 e. The molecule has 0 saturated carbocycles. The van der Waals surface area contributed by atoms with Crippen LogP contribution in [0.3, 0.4) is 0 Å². The van der Waals surface area contributed by atoms with Crippen molar-refractivity contribution < 1.29 is 0 Å². The van der Waals surface area contributed by atoms with Crippen LogP contribution in [-0.2, 0) is 6.54 Å². The summed E-state index contributed by atoms with van der Waals surface area (Å²) in [5.74, 6) is 0.857. The van der Waals surface area contributed by atoms with E-state index in [1.54, 1.807) is 0 Å². The first-order valence-corrected chi connectivity index (χ1v) is 7.67. The molecule has 2 rings (SSSR count). The molecule has 108 valence electrons. The normalized spacial score (nSPS) is 26.5. The van der Waals surface area contributed by atoms with Gasteiger partial charge in [-0.3, -0.25) is 9.58 Å². The molecule has 19 heavy (non-hydrogen) atoms. The topological polar surface area (TPSA) is 47.1 Å². The van der Waals surface area contributed by atoms with E-state index in [0.717, 1.165) is 19.0 Å². The van der Waals surface area contributed by atoms with Crippen LogP contribution in [0.2, 0.25) is 0 Å². The molecule has 0 spiro atoms. The van der Waals surface area contributed by atoms with Gasteiger partial charge >= 0.3 is 0 Å². The van der Waals surface area contributed by atoms with E-state index < -0.39 is 0 Å².